The first kappa shape index (κ1) is 13.2. The summed E-state index contributed by atoms with van der Waals surface area (Å²) in [6.45, 7) is 7.47. The van der Waals surface area contributed by atoms with Gasteiger partial charge in [-0.15, -0.1) is 0 Å². The number of aromatic nitrogens is 4. The lowest BCUT2D eigenvalue weighted by Crippen LogP contribution is -2.22. The molecule has 0 radical (unpaired) electrons. The quantitative estimate of drug-likeness (QED) is 0.905. The summed E-state index contributed by atoms with van der Waals surface area (Å²) < 4.78 is 1.92. The van der Waals surface area contributed by atoms with E-state index in [1.165, 1.54) is 24.1 Å². The largest absolute Gasteiger partial charge is 0.313 e. The second-order valence-corrected chi connectivity index (χ2v) is 5.65. The molecule has 1 saturated carbocycles. The number of rotatable bonds is 5. The van der Waals surface area contributed by atoms with Gasteiger partial charge in [-0.2, -0.15) is 5.10 Å². The Morgan fingerprint density at radius 3 is 2.85 bits per heavy atom. The number of hydrogen-bond acceptors (Lipinski definition) is 4. The van der Waals surface area contributed by atoms with Crippen LogP contribution in [0.4, 0.5) is 0 Å². The maximum Gasteiger partial charge on any atom is 0.156 e. The molecular weight excluding hydrogens is 250 g/mol. The molecule has 0 spiro atoms. The summed E-state index contributed by atoms with van der Waals surface area (Å²) in [7, 11) is 0. The summed E-state index contributed by atoms with van der Waals surface area (Å²) in [4.78, 5) is 8.24. The maximum atomic E-state index is 4.64. The molecule has 2 aromatic rings. The molecule has 2 aromatic heterocycles. The predicted octanol–water partition coefficient (Wildman–Crippen LogP) is 2.13. The molecule has 20 heavy (non-hydrogen) atoms. The zero-order valence-corrected chi connectivity index (χ0v) is 12.3. The first-order valence-corrected chi connectivity index (χ1v) is 7.22. The van der Waals surface area contributed by atoms with Gasteiger partial charge in [-0.25, -0.2) is 14.6 Å². The van der Waals surface area contributed by atoms with Crippen molar-refractivity contribution in [2.45, 2.75) is 45.6 Å². The Balaban J connectivity index is 1.86. The van der Waals surface area contributed by atoms with Crippen LogP contribution in [0.5, 0.6) is 0 Å². The second-order valence-electron chi connectivity index (χ2n) is 5.65. The van der Waals surface area contributed by atoms with Gasteiger partial charge in [0.05, 0.1) is 5.69 Å². The molecule has 1 unspecified atom stereocenters. The first-order valence-electron chi connectivity index (χ1n) is 7.22. The predicted molar refractivity (Wildman–Crippen MR) is 78.1 cm³/mol. The van der Waals surface area contributed by atoms with Crippen molar-refractivity contribution in [3.05, 3.63) is 35.5 Å². The highest BCUT2D eigenvalue weighted by molar-refractivity contribution is 5.34. The molecule has 0 aromatic carbocycles. The van der Waals surface area contributed by atoms with E-state index in [-0.39, 0.29) is 0 Å². The normalized spacial score (nSPS) is 16.4. The van der Waals surface area contributed by atoms with Crippen LogP contribution >= 0.6 is 0 Å². The summed E-state index contributed by atoms with van der Waals surface area (Å²) in [5.74, 6) is 1.29. The van der Waals surface area contributed by atoms with Crippen LogP contribution in [0.15, 0.2) is 18.6 Å². The van der Waals surface area contributed by atoms with Gasteiger partial charge in [0.15, 0.2) is 5.82 Å². The van der Waals surface area contributed by atoms with E-state index >= 15 is 0 Å². The fourth-order valence-electron chi connectivity index (χ4n) is 2.73. The molecule has 0 amide bonds. The Bertz CT molecular complexity index is 586. The Labute approximate surface area is 119 Å². The number of nitrogens with zero attached hydrogens (tertiary/aromatic N) is 4. The highest BCUT2D eigenvalue weighted by Crippen LogP contribution is 2.26. The minimum atomic E-state index is 0.464. The molecule has 5 nitrogen and oxygen atoms in total. The van der Waals surface area contributed by atoms with Crippen LogP contribution < -0.4 is 5.32 Å². The average Bonchev–Trinajstić information content (AvgIpc) is 3.23. The van der Waals surface area contributed by atoms with Crippen LogP contribution in [0.3, 0.4) is 0 Å². The minimum absolute atomic E-state index is 0.464. The zero-order valence-electron chi connectivity index (χ0n) is 12.3. The molecule has 1 fully saturated rings. The van der Waals surface area contributed by atoms with Crippen LogP contribution in [0.25, 0.3) is 5.82 Å². The second kappa shape index (κ2) is 5.32. The smallest absolute Gasteiger partial charge is 0.156 e. The standard InChI is InChI=1S/C15H21N5/c1-10(8-17-13-4-5-13)15-11(2)19-20(12(15)3)14-6-7-16-9-18-14/h6-7,9-10,13,17H,4-5,8H2,1-3H3. The van der Waals surface area contributed by atoms with Gasteiger partial charge in [0.1, 0.15) is 6.33 Å². The summed E-state index contributed by atoms with van der Waals surface area (Å²) >= 11 is 0. The van der Waals surface area contributed by atoms with Crippen LogP contribution in [0, 0.1) is 13.8 Å². The van der Waals surface area contributed by atoms with Crippen molar-refractivity contribution < 1.29 is 0 Å². The minimum Gasteiger partial charge on any atom is -0.313 e. The van der Waals surface area contributed by atoms with Crippen LogP contribution in [0.2, 0.25) is 0 Å². The van der Waals surface area contributed by atoms with Gasteiger partial charge in [0.25, 0.3) is 0 Å². The van der Waals surface area contributed by atoms with Crippen LogP contribution in [-0.4, -0.2) is 32.3 Å². The zero-order chi connectivity index (χ0) is 14.1. The first-order chi connectivity index (χ1) is 9.66. The van der Waals surface area contributed by atoms with Crippen molar-refractivity contribution in [2.24, 2.45) is 0 Å². The molecule has 1 atom stereocenters. The number of nitrogens with one attached hydrogen (secondary N) is 1. The Kier molecular flexibility index (Phi) is 3.53. The summed E-state index contributed by atoms with van der Waals surface area (Å²) in [5.41, 5.74) is 3.59. The maximum absolute atomic E-state index is 4.64. The van der Waals surface area contributed by atoms with E-state index in [0.717, 1.165) is 24.1 Å². The molecule has 1 aliphatic carbocycles. The third-order valence-electron chi connectivity index (χ3n) is 3.91. The highest BCUT2D eigenvalue weighted by atomic mass is 15.3. The Hall–Kier alpha value is -1.75. The van der Waals surface area contributed by atoms with E-state index in [4.69, 9.17) is 0 Å². The van der Waals surface area contributed by atoms with Crippen molar-refractivity contribution in [1.82, 2.24) is 25.1 Å². The Morgan fingerprint density at radius 2 is 2.20 bits per heavy atom. The van der Waals surface area contributed by atoms with Crippen molar-refractivity contribution >= 4 is 0 Å². The molecule has 106 valence electrons. The molecular formula is C15H21N5. The van der Waals surface area contributed by atoms with E-state index in [9.17, 15) is 0 Å². The van der Waals surface area contributed by atoms with Gasteiger partial charge in [0, 0.05) is 36.1 Å². The topological polar surface area (TPSA) is 55.6 Å². The van der Waals surface area contributed by atoms with Gasteiger partial charge in [0.2, 0.25) is 0 Å². The molecule has 0 aliphatic heterocycles. The van der Waals surface area contributed by atoms with Crippen LogP contribution in [0.1, 0.15) is 42.6 Å². The van der Waals surface area contributed by atoms with Crippen LogP contribution in [-0.2, 0) is 0 Å². The van der Waals surface area contributed by atoms with Gasteiger partial charge in [-0.1, -0.05) is 6.92 Å². The van der Waals surface area contributed by atoms with Crippen molar-refractivity contribution in [3.8, 4) is 5.82 Å². The highest BCUT2D eigenvalue weighted by Gasteiger charge is 2.23. The van der Waals surface area contributed by atoms with Gasteiger partial charge in [-0.05, 0) is 32.6 Å². The third kappa shape index (κ3) is 2.58. The van der Waals surface area contributed by atoms with E-state index < -0.39 is 0 Å². The molecule has 0 bridgehead atoms. The van der Waals surface area contributed by atoms with Crippen molar-refractivity contribution in [1.29, 1.82) is 0 Å². The molecule has 1 aliphatic rings. The van der Waals surface area contributed by atoms with Crippen molar-refractivity contribution in [3.63, 3.8) is 0 Å². The van der Waals surface area contributed by atoms with E-state index in [1.807, 2.05) is 10.7 Å². The number of hydrogen-bond donors (Lipinski definition) is 1. The van der Waals surface area contributed by atoms with E-state index in [1.54, 1.807) is 12.5 Å². The lowest BCUT2D eigenvalue weighted by Gasteiger charge is -2.13. The molecule has 2 heterocycles. The molecule has 5 heteroatoms. The summed E-state index contributed by atoms with van der Waals surface area (Å²) in [6, 6.07) is 2.63. The van der Waals surface area contributed by atoms with Gasteiger partial charge >= 0.3 is 0 Å². The molecule has 0 saturated heterocycles. The summed E-state index contributed by atoms with van der Waals surface area (Å²) in [5, 5.41) is 8.24. The van der Waals surface area contributed by atoms with E-state index in [2.05, 4.69) is 41.2 Å². The van der Waals surface area contributed by atoms with Gasteiger partial charge < -0.3 is 5.32 Å². The fraction of sp³-hybridized carbons (Fsp3) is 0.533. The fourth-order valence-corrected chi connectivity index (χ4v) is 2.73. The van der Waals surface area contributed by atoms with Crippen molar-refractivity contribution in [2.75, 3.05) is 6.54 Å². The molecule has 3 rings (SSSR count). The summed E-state index contributed by atoms with van der Waals surface area (Å²) in [6.07, 6.45) is 5.95. The average molecular weight is 271 g/mol. The lowest BCUT2D eigenvalue weighted by molar-refractivity contribution is 0.607. The van der Waals surface area contributed by atoms with E-state index in [0.29, 0.717) is 5.92 Å². The third-order valence-corrected chi connectivity index (χ3v) is 3.91. The monoisotopic (exact) mass is 271 g/mol. The lowest BCUT2D eigenvalue weighted by atomic mass is 9.99. The molecule has 1 N–H and O–H groups in total. The SMILES string of the molecule is Cc1nn(-c2ccncn2)c(C)c1C(C)CNC1CC1. The number of aryl methyl sites for hydroxylation is 1. The van der Waals surface area contributed by atoms with Gasteiger partial charge in [-0.3, -0.25) is 0 Å². The Morgan fingerprint density at radius 1 is 1.40 bits per heavy atom.